The topological polar surface area (TPSA) is 25.8 Å². The van der Waals surface area contributed by atoms with Crippen LogP contribution in [0.1, 0.15) is 25.0 Å². The molecule has 0 unspecified atom stereocenters. The Morgan fingerprint density at radius 2 is 0.879 bits per heavy atom. The lowest BCUT2D eigenvalue weighted by Crippen LogP contribution is -2.14. The third-order valence-electron chi connectivity index (χ3n) is 11.9. The highest BCUT2D eigenvalue weighted by Gasteiger charge is 2.35. The van der Waals surface area contributed by atoms with E-state index in [0.717, 1.165) is 44.8 Å². The molecule has 2 aromatic heterocycles. The van der Waals surface area contributed by atoms with E-state index in [9.17, 15) is 0 Å². The van der Waals surface area contributed by atoms with Crippen molar-refractivity contribution in [2.75, 3.05) is 0 Å². The van der Waals surface area contributed by atoms with E-state index in [1.807, 2.05) is 17.4 Å². The minimum absolute atomic E-state index is 0.116. The van der Waals surface area contributed by atoms with Crippen molar-refractivity contribution in [1.29, 1.82) is 0 Å². The van der Waals surface area contributed by atoms with Crippen molar-refractivity contribution in [1.82, 2.24) is 9.97 Å². The van der Waals surface area contributed by atoms with Crippen LogP contribution in [0.15, 0.2) is 194 Å². The van der Waals surface area contributed by atoms with Crippen LogP contribution in [-0.4, -0.2) is 9.97 Å². The van der Waals surface area contributed by atoms with Gasteiger partial charge in [0.2, 0.25) is 0 Å². The van der Waals surface area contributed by atoms with Crippen molar-refractivity contribution < 1.29 is 0 Å². The first kappa shape index (κ1) is 34.3. The summed E-state index contributed by atoms with van der Waals surface area (Å²) in [5.41, 5.74) is 17.1. The van der Waals surface area contributed by atoms with Crippen molar-refractivity contribution in [3.63, 3.8) is 0 Å². The molecule has 0 radical (unpaired) electrons. The minimum Gasteiger partial charge on any atom is -0.228 e. The van der Waals surface area contributed by atoms with Gasteiger partial charge in [-0.1, -0.05) is 166 Å². The van der Waals surface area contributed by atoms with E-state index in [0.29, 0.717) is 5.82 Å². The number of hydrogen-bond acceptors (Lipinski definition) is 3. The standard InChI is InChI=1S/C55H38N2S/c1-55(2)48-19-11-9-17-44(48)45-27-26-40(32-49(45)55)50-34-51(57-54(56-50)38-15-7-4-8-16-38)43-30-41(37-23-21-36(22-24-37)35-13-5-3-6-14-35)29-42(31-43)39-25-28-47-46-18-10-12-20-52(46)58-53(47)33-39/h3-34H,1-2H3. The molecule has 0 N–H and O–H groups in total. The maximum atomic E-state index is 5.33. The van der Waals surface area contributed by atoms with Crippen LogP contribution in [0.3, 0.4) is 0 Å². The summed E-state index contributed by atoms with van der Waals surface area (Å²) in [5.74, 6) is 0.710. The lowest BCUT2D eigenvalue weighted by Gasteiger charge is -2.22. The van der Waals surface area contributed by atoms with Gasteiger partial charge in [0.1, 0.15) is 0 Å². The molecule has 8 aromatic carbocycles. The first-order valence-electron chi connectivity index (χ1n) is 19.9. The monoisotopic (exact) mass is 758 g/mol. The fourth-order valence-electron chi connectivity index (χ4n) is 8.82. The predicted molar refractivity (Wildman–Crippen MR) is 245 cm³/mol. The molecular formula is C55H38N2S. The molecule has 0 saturated carbocycles. The van der Waals surface area contributed by atoms with Crippen LogP contribution in [0.2, 0.25) is 0 Å². The van der Waals surface area contributed by atoms with Crippen LogP contribution < -0.4 is 0 Å². The highest BCUT2D eigenvalue weighted by molar-refractivity contribution is 7.25. The van der Waals surface area contributed by atoms with E-state index in [2.05, 4.69) is 202 Å². The quantitative estimate of drug-likeness (QED) is 0.169. The van der Waals surface area contributed by atoms with E-state index < -0.39 is 0 Å². The Bertz CT molecular complexity index is 3180. The molecule has 10 aromatic rings. The summed E-state index contributed by atoms with van der Waals surface area (Å²) in [6.07, 6.45) is 0. The van der Waals surface area contributed by atoms with Gasteiger partial charge >= 0.3 is 0 Å². The lowest BCUT2D eigenvalue weighted by atomic mass is 9.82. The van der Waals surface area contributed by atoms with Crippen LogP contribution >= 0.6 is 11.3 Å². The second-order valence-corrected chi connectivity index (χ2v) is 16.9. The van der Waals surface area contributed by atoms with Gasteiger partial charge in [-0.3, -0.25) is 0 Å². The third kappa shape index (κ3) is 5.86. The summed E-state index contributed by atoms with van der Waals surface area (Å²) >= 11 is 1.85. The van der Waals surface area contributed by atoms with Gasteiger partial charge in [0.05, 0.1) is 11.4 Å². The fourth-order valence-corrected chi connectivity index (χ4v) is 9.97. The van der Waals surface area contributed by atoms with Gasteiger partial charge in [-0.2, -0.15) is 0 Å². The van der Waals surface area contributed by atoms with E-state index in [4.69, 9.17) is 9.97 Å². The Hall–Kier alpha value is -6.94. The molecule has 2 nitrogen and oxygen atoms in total. The van der Waals surface area contributed by atoms with Gasteiger partial charge in [0.25, 0.3) is 0 Å². The molecule has 0 saturated heterocycles. The average Bonchev–Trinajstić information content (AvgIpc) is 3.77. The predicted octanol–water partition coefficient (Wildman–Crippen LogP) is 15.2. The molecule has 2 heterocycles. The van der Waals surface area contributed by atoms with Crippen molar-refractivity contribution in [3.8, 4) is 78.4 Å². The third-order valence-corrected chi connectivity index (χ3v) is 13.0. The fraction of sp³-hybridized carbons (Fsp3) is 0.0545. The summed E-state index contributed by atoms with van der Waals surface area (Å²) in [7, 11) is 0. The minimum atomic E-state index is -0.116. The number of rotatable bonds is 6. The van der Waals surface area contributed by atoms with Gasteiger partial charge < -0.3 is 0 Å². The summed E-state index contributed by atoms with van der Waals surface area (Å²) < 4.78 is 2.60. The smallest absolute Gasteiger partial charge is 0.160 e. The Morgan fingerprint density at radius 1 is 0.345 bits per heavy atom. The molecule has 0 atom stereocenters. The van der Waals surface area contributed by atoms with Crippen LogP contribution in [0.5, 0.6) is 0 Å². The van der Waals surface area contributed by atoms with Crippen LogP contribution in [0.25, 0.3) is 98.6 Å². The number of nitrogens with zero attached hydrogens (tertiary/aromatic N) is 2. The van der Waals surface area contributed by atoms with Gasteiger partial charge in [0.15, 0.2) is 5.82 Å². The highest BCUT2D eigenvalue weighted by atomic mass is 32.1. The van der Waals surface area contributed by atoms with Crippen LogP contribution in [-0.2, 0) is 5.41 Å². The van der Waals surface area contributed by atoms with E-state index in [1.54, 1.807) is 0 Å². The average molecular weight is 759 g/mol. The zero-order valence-electron chi connectivity index (χ0n) is 32.3. The maximum Gasteiger partial charge on any atom is 0.160 e. The normalized spacial score (nSPS) is 12.8. The molecule has 0 fully saturated rings. The van der Waals surface area contributed by atoms with Crippen molar-refractivity contribution in [3.05, 3.63) is 205 Å². The number of aromatic nitrogens is 2. The summed E-state index contributed by atoms with van der Waals surface area (Å²) in [6, 6.07) is 70.3. The molecular weight excluding hydrogens is 721 g/mol. The Morgan fingerprint density at radius 3 is 1.66 bits per heavy atom. The zero-order chi connectivity index (χ0) is 38.8. The Balaban J connectivity index is 1.09. The zero-order valence-corrected chi connectivity index (χ0v) is 33.1. The van der Waals surface area contributed by atoms with Crippen LogP contribution in [0, 0.1) is 0 Å². The maximum absolute atomic E-state index is 5.33. The van der Waals surface area contributed by atoms with Gasteiger partial charge in [-0.15, -0.1) is 11.3 Å². The molecule has 3 heteroatoms. The molecule has 0 aliphatic heterocycles. The molecule has 58 heavy (non-hydrogen) atoms. The highest BCUT2D eigenvalue weighted by Crippen LogP contribution is 2.49. The number of fused-ring (bicyclic) bond motifs is 6. The molecule has 11 rings (SSSR count). The number of hydrogen-bond donors (Lipinski definition) is 0. The number of thiophene rings is 1. The SMILES string of the molecule is CC1(C)c2ccccc2-c2ccc(-c3cc(-c4cc(-c5ccc(-c6ccccc6)cc5)cc(-c5ccc6c(c5)sc5ccccc56)c4)nc(-c4ccccc4)n3)cc21. The second-order valence-electron chi connectivity index (χ2n) is 15.8. The van der Waals surface area contributed by atoms with Crippen molar-refractivity contribution >= 4 is 31.5 Å². The van der Waals surface area contributed by atoms with Gasteiger partial charge in [0, 0.05) is 42.3 Å². The summed E-state index contributed by atoms with van der Waals surface area (Å²) in [4.78, 5) is 10.6. The molecule has 1 aliphatic rings. The molecule has 0 amide bonds. The lowest BCUT2D eigenvalue weighted by molar-refractivity contribution is 0.660. The summed E-state index contributed by atoms with van der Waals surface area (Å²) in [5, 5.41) is 2.61. The second kappa shape index (κ2) is 13.6. The van der Waals surface area contributed by atoms with E-state index in [1.165, 1.54) is 59.1 Å². The van der Waals surface area contributed by atoms with Gasteiger partial charge in [-0.25, -0.2) is 9.97 Å². The first-order valence-corrected chi connectivity index (χ1v) is 20.7. The largest absolute Gasteiger partial charge is 0.228 e. The number of benzene rings is 8. The molecule has 1 aliphatic carbocycles. The van der Waals surface area contributed by atoms with Gasteiger partial charge in [-0.05, 0) is 98.1 Å². The molecule has 274 valence electrons. The van der Waals surface area contributed by atoms with Crippen molar-refractivity contribution in [2.45, 2.75) is 19.3 Å². The van der Waals surface area contributed by atoms with Crippen molar-refractivity contribution in [2.24, 2.45) is 0 Å². The molecule has 0 spiro atoms. The first-order chi connectivity index (χ1) is 28.5. The molecule has 0 bridgehead atoms. The summed E-state index contributed by atoms with van der Waals surface area (Å²) in [6.45, 7) is 4.66. The Kier molecular flexibility index (Phi) is 8.06. The Labute approximate surface area is 342 Å². The van der Waals surface area contributed by atoms with E-state index in [-0.39, 0.29) is 5.41 Å². The van der Waals surface area contributed by atoms with E-state index >= 15 is 0 Å². The van der Waals surface area contributed by atoms with Crippen LogP contribution in [0.4, 0.5) is 0 Å².